The summed E-state index contributed by atoms with van der Waals surface area (Å²) in [6, 6.07) is 11.2. The largest absolute Gasteiger partial charge is 0.493 e. The fraction of sp³-hybridized carbons (Fsp3) is 0.462. The number of hydrogen-bond donors (Lipinski definition) is 0. The summed E-state index contributed by atoms with van der Waals surface area (Å²) in [5.41, 5.74) is -0.200. The Balaban J connectivity index is 1.54. The number of amides is 2. The Labute approximate surface area is 209 Å². The number of piperidine rings is 2. The minimum absolute atomic E-state index is 0.0845. The van der Waals surface area contributed by atoms with Crippen LogP contribution in [0.15, 0.2) is 42.5 Å². The third-order valence-electron chi connectivity index (χ3n) is 6.69. The lowest BCUT2D eigenvalue weighted by atomic mass is 9.77. The van der Waals surface area contributed by atoms with Crippen LogP contribution in [0.5, 0.6) is 5.75 Å². The minimum atomic E-state index is -0.562. The van der Waals surface area contributed by atoms with Crippen LogP contribution in [0.3, 0.4) is 0 Å². The van der Waals surface area contributed by atoms with Crippen molar-refractivity contribution in [1.82, 2.24) is 9.80 Å². The highest BCUT2D eigenvalue weighted by molar-refractivity contribution is 6.31. The number of likely N-dealkylation sites (tertiary alicyclic amines) is 2. The van der Waals surface area contributed by atoms with Crippen LogP contribution in [0.1, 0.15) is 48.9 Å². The molecule has 2 aliphatic heterocycles. The zero-order valence-electron chi connectivity index (χ0n) is 19.1. The van der Waals surface area contributed by atoms with Gasteiger partial charge in [-0.05, 0) is 68.5 Å². The highest BCUT2D eigenvalue weighted by Gasteiger charge is 2.41. The summed E-state index contributed by atoms with van der Waals surface area (Å²) in [4.78, 5) is 30.2. The smallest absolute Gasteiger partial charge is 0.253 e. The normalized spacial score (nSPS) is 20.8. The zero-order valence-corrected chi connectivity index (χ0v) is 20.6. The zero-order chi connectivity index (χ0) is 24.1. The van der Waals surface area contributed by atoms with Crippen molar-refractivity contribution in [1.29, 1.82) is 0 Å². The molecule has 0 unspecified atom stereocenters. The molecule has 2 heterocycles. The van der Waals surface area contributed by atoms with Crippen LogP contribution in [0, 0.1) is 11.2 Å². The highest BCUT2D eigenvalue weighted by Crippen LogP contribution is 2.36. The lowest BCUT2D eigenvalue weighted by molar-refractivity contribution is -0.136. The molecule has 0 radical (unpaired) electrons. The first-order valence-corrected chi connectivity index (χ1v) is 12.5. The maximum atomic E-state index is 13.6. The third-order valence-corrected chi connectivity index (χ3v) is 7.22. The molecule has 2 aromatic rings. The molecule has 2 aliphatic rings. The molecular weight excluding hydrogens is 478 g/mol. The van der Waals surface area contributed by atoms with E-state index in [0.29, 0.717) is 42.5 Å². The lowest BCUT2D eigenvalue weighted by Gasteiger charge is -2.43. The Kier molecular flexibility index (Phi) is 7.99. The number of carbonyl (C=O) groups is 2. The van der Waals surface area contributed by atoms with E-state index in [-0.39, 0.29) is 16.8 Å². The van der Waals surface area contributed by atoms with E-state index >= 15 is 0 Å². The Bertz CT molecular complexity index is 1040. The van der Waals surface area contributed by atoms with Crippen LogP contribution in [-0.2, 0) is 4.79 Å². The Morgan fingerprint density at radius 3 is 2.47 bits per heavy atom. The molecule has 0 aliphatic carbocycles. The first-order chi connectivity index (χ1) is 16.3. The van der Waals surface area contributed by atoms with E-state index in [1.807, 2.05) is 17.0 Å². The van der Waals surface area contributed by atoms with Gasteiger partial charge in [0.25, 0.3) is 5.91 Å². The van der Waals surface area contributed by atoms with Crippen LogP contribution in [0.4, 0.5) is 4.39 Å². The summed E-state index contributed by atoms with van der Waals surface area (Å²) in [5, 5.41) is 0.489. The number of carbonyl (C=O) groups excluding carboxylic acids is 2. The molecule has 182 valence electrons. The lowest BCUT2D eigenvalue weighted by Crippen LogP contribution is -2.51. The van der Waals surface area contributed by atoms with Gasteiger partial charge in [0.05, 0.1) is 11.6 Å². The first-order valence-electron chi connectivity index (χ1n) is 11.8. The summed E-state index contributed by atoms with van der Waals surface area (Å²) < 4.78 is 19.7. The molecule has 0 saturated carbocycles. The molecule has 34 heavy (non-hydrogen) atoms. The van der Waals surface area contributed by atoms with Crippen molar-refractivity contribution in [3.05, 3.63) is 63.9 Å². The van der Waals surface area contributed by atoms with Gasteiger partial charge in [-0.2, -0.15) is 0 Å². The maximum Gasteiger partial charge on any atom is 0.253 e. The topological polar surface area (TPSA) is 49.9 Å². The second kappa shape index (κ2) is 11.0. The van der Waals surface area contributed by atoms with E-state index < -0.39 is 11.2 Å². The summed E-state index contributed by atoms with van der Waals surface area (Å²) in [7, 11) is 0. The third kappa shape index (κ3) is 6.02. The Morgan fingerprint density at radius 1 is 0.971 bits per heavy atom. The summed E-state index contributed by atoms with van der Waals surface area (Å²) in [6.45, 7) is 2.79. The summed E-state index contributed by atoms with van der Waals surface area (Å²) in [5.74, 6) is -0.0491. The van der Waals surface area contributed by atoms with E-state index in [2.05, 4.69) is 0 Å². The standard InChI is InChI=1S/C26H29Cl2FN2O3/c27-20-6-4-7-21(15-20)34-18-26(16-24(32)30-11-2-1-3-12-30)10-5-13-31(17-26)25(33)19-8-9-23(29)22(28)14-19/h4,6-9,14-15H,1-3,5,10-13,16-18H2/t26-/m1/s1. The average molecular weight is 507 g/mol. The van der Waals surface area contributed by atoms with Crippen molar-refractivity contribution < 1.29 is 18.7 Å². The van der Waals surface area contributed by atoms with Gasteiger partial charge in [0, 0.05) is 48.6 Å². The second-order valence-electron chi connectivity index (χ2n) is 9.32. The predicted octanol–water partition coefficient (Wildman–Crippen LogP) is 5.84. The molecule has 4 rings (SSSR count). The summed E-state index contributed by atoms with van der Waals surface area (Å²) >= 11 is 12.0. The molecule has 5 nitrogen and oxygen atoms in total. The minimum Gasteiger partial charge on any atom is -0.493 e. The predicted molar refractivity (Wildman–Crippen MR) is 131 cm³/mol. The number of halogens is 3. The number of hydrogen-bond acceptors (Lipinski definition) is 3. The Morgan fingerprint density at radius 2 is 1.74 bits per heavy atom. The van der Waals surface area contributed by atoms with Gasteiger partial charge in [-0.25, -0.2) is 4.39 Å². The van der Waals surface area contributed by atoms with Crippen molar-refractivity contribution in [2.24, 2.45) is 5.41 Å². The average Bonchev–Trinajstić information content (AvgIpc) is 2.85. The molecular formula is C26H29Cl2FN2O3. The molecule has 8 heteroatoms. The SMILES string of the molecule is O=C(C[C@]1(COc2cccc(Cl)c2)CCCN(C(=O)c2ccc(F)c(Cl)c2)C1)N1CCCCC1. The van der Waals surface area contributed by atoms with E-state index in [1.54, 1.807) is 17.0 Å². The van der Waals surface area contributed by atoms with Gasteiger partial charge in [0.2, 0.25) is 5.91 Å². The van der Waals surface area contributed by atoms with E-state index in [0.717, 1.165) is 45.2 Å². The van der Waals surface area contributed by atoms with E-state index in [9.17, 15) is 14.0 Å². The monoisotopic (exact) mass is 506 g/mol. The fourth-order valence-corrected chi connectivity index (χ4v) is 5.24. The van der Waals surface area contributed by atoms with Gasteiger partial charge in [-0.3, -0.25) is 9.59 Å². The quantitative estimate of drug-likeness (QED) is 0.494. The number of rotatable bonds is 6. The number of ether oxygens (including phenoxy) is 1. The van der Waals surface area contributed by atoms with Crippen LogP contribution in [-0.4, -0.2) is 54.4 Å². The molecule has 2 aromatic carbocycles. The molecule has 0 aromatic heterocycles. The molecule has 0 bridgehead atoms. The first kappa shape index (κ1) is 24.8. The molecule has 2 saturated heterocycles. The van der Waals surface area contributed by atoms with Gasteiger partial charge in [-0.1, -0.05) is 29.3 Å². The highest BCUT2D eigenvalue weighted by atomic mass is 35.5. The summed E-state index contributed by atoms with van der Waals surface area (Å²) in [6.07, 6.45) is 5.01. The van der Waals surface area contributed by atoms with E-state index in [1.165, 1.54) is 18.2 Å². The van der Waals surface area contributed by atoms with Gasteiger partial charge >= 0.3 is 0 Å². The van der Waals surface area contributed by atoms with Crippen molar-refractivity contribution in [2.75, 3.05) is 32.8 Å². The van der Waals surface area contributed by atoms with Crippen LogP contribution in [0.2, 0.25) is 10.0 Å². The van der Waals surface area contributed by atoms with E-state index in [4.69, 9.17) is 27.9 Å². The molecule has 1 atom stereocenters. The number of nitrogens with zero attached hydrogens (tertiary/aromatic N) is 2. The van der Waals surface area contributed by atoms with Gasteiger partial charge in [-0.15, -0.1) is 0 Å². The second-order valence-corrected chi connectivity index (χ2v) is 10.2. The molecule has 0 N–H and O–H groups in total. The van der Waals surface area contributed by atoms with Gasteiger partial charge < -0.3 is 14.5 Å². The van der Waals surface area contributed by atoms with Gasteiger partial charge in [0.1, 0.15) is 11.6 Å². The van der Waals surface area contributed by atoms with Crippen molar-refractivity contribution in [3.63, 3.8) is 0 Å². The van der Waals surface area contributed by atoms with Crippen molar-refractivity contribution in [2.45, 2.75) is 38.5 Å². The van der Waals surface area contributed by atoms with Crippen molar-refractivity contribution in [3.8, 4) is 5.75 Å². The molecule has 2 amide bonds. The fourth-order valence-electron chi connectivity index (χ4n) is 4.88. The molecule has 0 spiro atoms. The Hall–Kier alpha value is -2.31. The van der Waals surface area contributed by atoms with Crippen molar-refractivity contribution >= 4 is 35.0 Å². The van der Waals surface area contributed by atoms with Gasteiger partial charge in [0.15, 0.2) is 0 Å². The van der Waals surface area contributed by atoms with Crippen LogP contribution < -0.4 is 4.74 Å². The van der Waals surface area contributed by atoms with Crippen LogP contribution in [0.25, 0.3) is 0 Å². The number of benzene rings is 2. The van der Waals surface area contributed by atoms with Crippen LogP contribution >= 0.6 is 23.2 Å². The molecule has 2 fully saturated rings. The maximum absolute atomic E-state index is 13.6.